The lowest BCUT2D eigenvalue weighted by Gasteiger charge is -2.11. The van der Waals surface area contributed by atoms with E-state index in [1.54, 1.807) is 0 Å². The van der Waals surface area contributed by atoms with Crippen LogP contribution >= 0.6 is 11.8 Å². The monoisotopic (exact) mass is 308 g/mol. The van der Waals surface area contributed by atoms with Gasteiger partial charge in [-0.05, 0) is 24.0 Å². The second kappa shape index (κ2) is 7.20. The van der Waals surface area contributed by atoms with Crippen molar-refractivity contribution >= 4 is 21.8 Å². The minimum Gasteiger partial charge on any atom is -0.391 e. The number of halogens is 1. The molecule has 0 saturated carbocycles. The number of sulfonamides is 1. The van der Waals surface area contributed by atoms with E-state index in [-0.39, 0.29) is 0 Å². The number of hydrogen-bond acceptors (Lipinski definition) is 5. The average molecular weight is 308 g/mol. The lowest BCUT2D eigenvalue weighted by Crippen LogP contribution is -2.28. The molecule has 108 valence electrons. The summed E-state index contributed by atoms with van der Waals surface area (Å²) in [7, 11) is -4.06. The van der Waals surface area contributed by atoms with Gasteiger partial charge in [0.1, 0.15) is 10.7 Å². The van der Waals surface area contributed by atoms with E-state index in [4.69, 9.17) is 5.14 Å². The topological polar surface area (TPSA) is 92.4 Å². The summed E-state index contributed by atoms with van der Waals surface area (Å²) in [5, 5.41) is 17.4. The van der Waals surface area contributed by atoms with E-state index < -0.39 is 26.8 Å². The maximum Gasteiger partial charge on any atom is 0.240 e. The van der Waals surface area contributed by atoms with Crippen LogP contribution in [0.5, 0.6) is 0 Å². The molecule has 4 N–H and O–H groups in total. The fourth-order valence-corrected chi connectivity index (χ4v) is 2.67. The quantitative estimate of drug-likeness (QED) is 0.673. The molecule has 1 unspecified atom stereocenters. The van der Waals surface area contributed by atoms with Crippen LogP contribution in [0.1, 0.15) is 5.56 Å². The molecule has 8 heteroatoms. The first kappa shape index (κ1) is 16.4. The number of nitrogens with one attached hydrogen (secondary N) is 1. The fourth-order valence-electron chi connectivity index (χ4n) is 1.51. The highest BCUT2D eigenvalue weighted by Crippen LogP contribution is 2.14. The van der Waals surface area contributed by atoms with Crippen LogP contribution in [0.3, 0.4) is 0 Å². The Balaban J connectivity index is 2.66. The lowest BCUT2D eigenvalue weighted by molar-refractivity contribution is 0.195. The molecule has 19 heavy (non-hydrogen) atoms. The van der Waals surface area contributed by atoms with Gasteiger partial charge in [0.2, 0.25) is 10.0 Å². The molecule has 0 radical (unpaired) electrons. The third-order valence-electron chi connectivity index (χ3n) is 2.37. The molecule has 0 aromatic heterocycles. The summed E-state index contributed by atoms with van der Waals surface area (Å²) >= 11 is 1.53. The van der Waals surface area contributed by atoms with Gasteiger partial charge in [0.15, 0.2) is 0 Å². The Bertz CT molecular complexity index is 523. The van der Waals surface area contributed by atoms with Crippen molar-refractivity contribution in [3.63, 3.8) is 0 Å². The zero-order valence-electron chi connectivity index (χ0n) is 10.5. The van der Waals surface area contributed by atoms with Gasteiger partial charge in [-0.2, -0.15) is 11.8 Å². The van der Waals surface area contributed by atoms with Crippen LogP contribution in [0.15, 0.2) is 23.1 Å². The van der Waals surface area contributed by atoms with Crippen molar-refractivity contribution < 1.29 is 17.9 Å². The predicted octanol–water partition coefficient (Wildman–Crippen LogP) is 0.287. The third kappa shape index (κ3) is 5.45. The van der Waals surface area contributed by atoms with Crippen LogP contribution in [0.2, 0.25) is 0 Å². The number of aliphatic hydroxyl groups is 1. The van der Waals surface area contributed by atoms with Crippen molar-refractivity contribution in [2.24, 2.45) is 5.14 Å². The van der Waals surface area contributed by atoms with Gasteiger partial charge in [-0.25, -0.2) is 17.9 Å². The van der Waals surface area contributed by atoms with E-state index in [0.717, 1.165) is 6.07 Å². The maximum absolute atomic E-state index is 13.3. The Morgan fingerprint density at radius 1 is 1.53 bits per heavy atom. The van der Waals surface area contributed by atoms with E-state index in [9.17, 15) is 17.9 Å². The molecule has 0 fully saturated rings. The average Bonchev–Trinajstić information content (AvgIpc) is 2.30. The Kier molecular flexibility index (Phi) is 6.21. The Hall–Kier alpha value is -0.670. The molecule has 1 rings (SSSR count). The second-order valence-electron chi connectivity index (χ2n) is 4.05. The summed E-state index contributed by atoms with van der Waals surface area (Å²) in [5.41, 5.74) is 0.585. The zero-order chi connectivity index (χ0) is 14.5. The number of rotatable bonds is 7. The number of benzene rings is 1. The van der Waals surface area contributed by atoms with Crippen LogP contribution in [0.25, 0.3) is 0 Å². The molecule has 0 heterocycles. The van der Waals surface area contributed by atoms with Crippen molar-refractivity contribution in [2.45, 2.75) is 17.5 Å². The van der Waals surface area contributed by atoms with E-state index >= 15 is 0 Å². The van der Waals surface area contributed by atoms with Crippen LogP contribution < -0.4 is 10.5 Å². The Morgan fingerprint density at radius 2 is 2.21 bits per heavy atom. The molecular weight excluding hydrogens is 291 g/mol. The van der Waals surface area contributed by atoms with Gasteiger partial charge in [-0.3, -0.25) is 0 Å². The third-order valence-corrected chi connectivity index (χ3v) is 4.01. The lowest BCUT2D eigenvalue weighted by atomic mass is 10.2. The van der Waals surface area contributed by atoms with Gasteiger partial charge < -0.3 is 10.4 Å². The normalized spacial score (nSPS) is 13.5. The zero-order valence-corrected chi connectivity index (χ0v) is 12.1. The molecule has 1 atom stereocenters. The number of thioether (sulfide) groups is 1. The van der Waals surface area contributed by atoms with E-state index in [2.05, 4.69) is 5.32 Å². The first-order valence-corrected chi connectivity index (χ1v) is 8.47. The molecule has 0 spiro atoms. The Labute approximate surface area is 116 Å². The SMILES string of the molecule is CSCC(O)CNCc1ccc(F)c(S(N)(=O)=O)c1. The first-order valence-electron chi connectivity index (χ1n) is 5.53. The molecule has 1 aromatic rings. The largest absolute Gasteiger partial charge is 0.391 e. The van der Waals surface area contributed by atoms with Crippen molar-refractivity contribution in [3.8, 4) is 0 Å². The fraction of sp³-hybridized carbons (Fsp3) is 0.455. The van der Waals surface area contributed by atoms with Gasteiger partial charge in [-0.15, -0.1) is 0 Å². The van der Waals surface area contributed by atoms with Crippen LogP contribution in [-0.4, -0.2) is 38.2 Å². The number of aliphatic hydroxyl groups excluding tert-OH is 1. The molecule has 0 saturated heterocycles. The minimum absolute atomic E-state index is 0.328. The summed E-state index contributed by atoms with van der Waals surface area (Å²) in [6, 6.07) is 3.73. The molecular formula is C11H17FN2O3S2. The highest BCUT2D eigenvalue weighted by molar-refractivity contribution is 7.98. The standard InChI is InChI=1S/C11H17FN2O3S2/c1-18-7-9(15)6-14-5-8-2-3-10(12)11(4-8)19(13,16)17/h2-4,9,14-15H,5-7H2,1H3,(H2,13,16,17). The molecule has 5 nitrogen and oxygen atoms in total. The summed E-state index contributed by atoms with van der Waals surface area (Å²) in [4.78, 5) is -0.517. The molecule has 0 bridgehead atoms. The molecule has 0 aliphatic rings. The van der Waals surface area contributed by atoms with Crippen molar-refractivity contribution in [1.29, 1.82) is 0 Å². The molecule has 0 amide bonds. The van der Waals surface area contributed by atoms with E-state index in [1.807, 2.05) is 6.26 Å². The molecule has 1 aromatic carbocycles. The minimum atomic E-state index is -4.06. The Morgan fingerprint density at radius 3 is 2.79 bits per heavy atom. The summed E-state index contributed by atoms with van der Waals surface area (Å²) < 4.78 is 35.6. The van der Waals surface area contributed by atoms with Crippen molar-refractivity contribution in [1.82, 2.24) is 5.32 Å². The molecule has 0 aliphatic heterocycles. The second-order valence-corrected chi connectivity index (χ2v) is 6.49. The van der Waals surface area contributed by atoms with Gasteiger partial charge in [0.05, 0.1) is 6.10 Å². The number of hydrogen-bond donors (Lipinski definition) is 3. The van der Waals surface area contributed by atoms with E-state index in [1.165, 1.54) is 23.9 Å². The highest BCUT2D eigenvalue weighted by atomic mass is 32.2. The predicted molar refractivity (Wildman–Crippen MR) is 73.9 cm³/mol. The summed E-state index contributed by atoms with van der Waals surface area (Å²) in [6.07, 6.45) is 1.41. The summed E-state index contributed by atoms with van der Waals surface area (Å²) in [6.45, 7) is 0.706. The highest BCUT2D eigenvalue weighted by Gasteiger charge is 2.14. The van der Waals surface area contributed by atoms with Crippen molar-refractivity contribution in [2.75, 3.05) is 18.6 Å². The van der Waals surface area contributed by atoms with Crippen LogP contribution in [-0.2, 0) is 16.6 Å². The molecule has 0 aliphatic carbocycles. The first-order chi connectivity index (χ1) is 8.84. The van der Waals surface area contributed by atoms with E-state index in [0.29, 0.717) is 24.4 Å². The number of primary sulfonamides is 1. The van der Waals surface area contributed by atoms with Crippen molar-refractivity contribution in [3.05, 3.63) is 29.6 Å². The summed E-state index contributed by atoms with van der Waals surface area (Å²) in [5.74, 6) is -0.257. The smallest absolute Gasteiger partial charge is 0.240 e. The van der Waals surface area contributed by atoms with Gasteiger partial charge >= 0.3 is 0 Å². The van der Waals surface area contributed by atoms with Gasteiger partial charge in [-0.1, -0.05) is 6.07 Å². The van der Waals surface area contributed by atoms with Crippen LogP contribution in [0, 0.1) is 5.82 Å². The van der Waals surface area contributed by atoms with Gasteiger partial charge in [0, 0.05) is 18.8 Å². The number of nitrogens with two attached hydrogens (primary N) is 1. The van der Waals surface area contributed by atoms with Crippen LogP contribution in [0.4, 0.5) is 4.39 Å². The van der Waals surface area contributed by atoms with Gasteiger partial charge in [0.25, 0.3) is 0 Å². The maximum atomic E-state index is 13.3.